The third-order valence-electron chi connectivity index (χ3n) is 2.65. The van der Waals surface area contributed by atoms with Crippen molar-refractivity contribution in [2.45, 2.75) is 44.2 Å². The van der Waals surface area contributed by atoms with Crippen LogP contribution in [-0.2, 0) is 4.74 Å². The summed E-state index contributed by atoms with van der Waals surface area (Å²) in [7, 11) is 1.69. The Kier molecular flexibility index (Phi) is 5.35. The van der Waals surface area contributed by atoms with Gasteiger partial charge in [-0.05, 0) is 12.8 Å². The maximum absolute atomic E-state index is 5.81. The topological polar surface area (TPSA) is 47.3 Å². The zero-order chi connectivity index (χ0) is 9.52. The Morgan fingerprint density at radius 1 is 1.38 bits per heavy atom. The molecule has 3 heteroatoms. The van der Waals surface area contributed by atoms with Gasteiger partial charge in [0.25, 0.3) is 0 Å². The van der Waals surface area contributed by atoms with E-state index in [1.54, 1.807) is 7.11 Å². The van der Waals surface area contributed by atoms with Crippen molar-refractivity contribution in [2.75, 3.05) is 20.3 Å². The first-order valence-electron chi connectivity index (χ1n) is 5.31. The Bertz CT molecular complexity index is 124. The number of methoxy groups -OCH3 is 1. The van der Waals surface area contributed by atoms with Crippen LogP contribution in [0.2, 0.25) is 0 Å². The lowest BCUT2D eigenvalue weighted by Crippen LogP contribution is -2.42. The van der Waals surface area contributed by atoms with Gasteiger partial charge in [-0.15, -0.1) is 0 Å². The van der Waals surface area contributed by atoms with Crippen molar-refractivity contribution in [1.82, 2.24) is 5.32 Å². The third kappa shape index (κ3) is 4.60. The normalized spacial score (nSPS) is 21.7. The molecule has 0 bridgehead atoms. The summed E-state index contributed by atoms with van der Waals surface area (Å²) >= 11 is 0. The van der Waals surface area contributed by atoms with Crippen LogP contribution in [0.25, 0.3) is 0 Å². The molecule has 0 radical (unpaired) electrons. The minimum Gasteiger partial charge on any atom is -0.383 e. The zero-order valence-electron chi connectivity index (χ0n) is 8.59. The van der Waals surface area contributed by atoms with Crippen LogP contribution in [0.1, 0.15) is 32.1 Å². The molecule has 0 aliphatic heterocycles. The van der Waals surface area contributed by atoms with E-state index in [-0.39, 0.29) is 6.04 Å². The Morgan fingerprint density at radius 3 is 2.69 bits per heavy atom. The molecule has 0 heterocycles. The molecule has 1 aliphatic carbocycles. The van der Waals surface area contributed by atoms with Gasteiger partial charge in [0.2, 0.25) is 0 Å². The summed E-state index contributed by atoms with van der Waals surface area (Å²) in [6.45, 7) is 1.54. The van der Waals surface area contributed by atoms with Gasteiger partial charge in [-0.3, -0.25) is 0 Å². The Hall–Kier alpha value is -0.120. The largest absolute Gasteiger partial charge is 0.383 e. The third-order valence-corrected chi connectivity index (χ3v) is 2.65. The van der Waals surface area contributed by atoms with E-state index in [9.17, 15) is 0 Å². The highest BCUT2D eigenvalue weighted by Gasteiger charge is 2.13. The summed E-state index contributed by atoms with van der Waals surface area (Å²) in [5.41, 5.74) is 5.81. The smallest absolute Gasteiger partial charge is 0.0626 e. The number of nitrogens with two attached hydrogens (primary N) is 1. The zero-order valence-corrected chi connectivity index (χ0v) is 8.59. The SMILES string of the molecule is COCC(N)CNC1CCCCC1. The van der Waals surface area contributed by atoms with Crippen molar-refractivity contribution in [3.8, 4) is 0 Å². The fourth-order valence-corrected chi connectivity index (χ4v) is 1.90. The van der Waals surface area contributed by atoms with E-state index in [1.807, 2.05) is 0 Å². The van der Waals surface area contributed by atoms with E-state index < -0.39 is 0 Å². The summed E-state index contributed by atoms with van der Waals surface area (Å²) < 4.78 is 4.98. The molecular weight excluding hydrogens is 164 g/mol. The van der Waals surface area contributed by atoms with Crippen LogP contribution in [-0.4, -0.2) is 32.3 Å². The van der Waals surface area contributed by atoms with Crippen LogP contribution in [0, 0.1) is 0 Å². The molecule has 1 rings (SSSR count). The quantitative estimate of drug-likeness (QED) is 0.670. The summed E-state index contributed by atoms with van der Waals surface area (Å²) in [5.74, 6) is 0. The second kappa shape index (κ2) is 6.35. The number of rotatable bonds is 5. The number of hydrogen-bond donors (Lipinski definition) is 2. The monoisotopic (exact) mass is 186 g/mol. The lowest BCUT2D eigenvalue weighted by molar-refractivity contribution is 0.176. The molecule has 1 atom stereocenters. The van der Waals surface area contributed by atoms with Crippen molar-refractivity contribution >= 4 is 0 Å². The van der Waals surface area contributed by atoms with Gasteiger partial charge >= 0.3 is 0 Å². The molecule has 0 saturated heterocycles. The molecule has 0 aromatic heterocycles. The van der Waals surface area contributed by atoms with E-state index in [4.69, 9.17) is 10.5 Å². The van der Waals surface area contributed by atoms with E-state index in [1.165, 1.54) is 32.1 Å². The second-order valence-electron chi connectivity index (χ2n) is 3.96. The fraction of sp³-hybridized carbons (Fsp3) is 1.00. The van der Waals surface area contributed by atoms with E-state index in [0.717, 1.165) is 6.54 Å². The molecule has 0 amide bonds. The minimum atomic E-state index is 0.145. The lowest BCUT2D eigenvalue weighted by atomic mass is 9.95. The van der Waals surface area contributed by atoms with E-state index in [0.29, 0.717) is 12.6 Å². The molecule has 1 unspecified atom stereocenters. The van der Waals surface area contributed by atoms with Crippen LogP contribution in [0.4, 0.5) is 0 Å². The van der Waals surface area contributed by atoms with Crippen LogP contribution >= 0.6 is 0 Å². The number of ether oxygens (including phenoxy) is 1. The summed E-state index contributed by atoms with van der Waals surface area (Å²) in [4.78, 5) is 0. The van der Waals surface area contributed by atoms with Gasteiger partial charge in [0, 0.05) is 25.7 Å². The molecule has 1 aliphatic rings. The molecule has 1 fully saturated rings. The highest BCUT2D eigenvalue weighted by Crippen LogP contribution is 2.16. The average Bonchev–Trinajstić information content (AvgIpc) is 2.17. The Morgan fingerprint density at radius 2 is 2.08 bits per heavy atom. The van der Waals surface area contributed by atoms with E-state index >= 15 is 0 Å². The van der Waals surface area contributed by atoms with Gasteiger partial charge < -0.3 is 15.8 Å². The molecule has 78 valence electrons. The fourth-order valence-electron chi connectivity index (χ4n) is 1.90. The number of nitrogens with one attached hydrogen (secondary N) is 1. The highest BCUT2D eigenvalue weighted by molar-refractivity contribution is 4.74. The van der Waals surface area contributed by atoms with Crippen molar-refractivity contribution < 1.29 is 4.74 Å². The Labute approximate surface area is 81.0 Å². The predicted octanol–water partition coefficient (Wildman–Crippen LogP) is 0.882. The number of hydrogen-bond acceptors (Lipinski definition) is 3. The molecule has 13 heavy (non-hydrogen) atoms. The van der Waals surface area contributed by atoms with Crippen LogP contribution in [0.3, 0.4) is 0 Å². The van der Waals surface area contributed by atoms with Crippen molar-refractivity contribution in [1.29, 1.82) is 0 Å². The van der Waals surface area contributed by atoms with Crippen molar-refractivity contribution in [2.24, 2.45) is 5.73 Å². The summed E-state index contributed by atoms with van der Waals surface area (Å²) in [6, 6.07) is 0.851. The van der Waals surface area contributed by atoms with Crippen LogP contribution in [0.15, 0.2) is 0 Å². The van der Waals surface area contributed by atoms with Crippen molar-refractivity contribution in [3.63, 3.8) is 0 Å². The second-order valence-corrected chi connectivity index (χ2v) is 3.96. The molecule has 1 saturated carbocycles. The molecule has 0 aromatic carbocycles. The van der Waals surface area contributed by atoms with Gasteiger partial charge in [-0.1, -0.05) is 19.3 Å². The van der Waals surface area contributed by atoms with Gasteiger partial charge in [-0.2, -0.15) is 0 Å². The predicted molar refractivity (Wildman–Crippen MR) is 54.7 cm³/mol. The Balaban J connectivity index is 2.03. The lowest BCUT2D eigenvalue weighted by Gasteiger charge is -2.24. The first-order valence-corrected chi connectivity index (χ1v) is 5.31. The molecule has 3 nitrogen and oxygen atoms in total. The maximum atomic E-state index is 5.81. The van der Waals surface area contributed by atoms with Gasteiger partial charge in [0.1, 0.15) is 0 Å². The molecular formula is C10H22N2O. The first kappa shape index (κ1) is 11.0. The van der Waals surface area contributed by atoms with E-state index in [2.05, 4.69) is 5.32 Å². The molecule has 0 spiro atoms. The summed E-state index contributed by atoms with van der Waals surface area (Å²) in [5, 5.41) is 3.50. The van der Waals surface area contributed by atoms with Gasteiger partial charge in [0.15, 0.2) is 0 Å². The standard InChI is InChI=1S/C10H22N2O/c1-13-8-9(11)7-12-10-5-3-2-4-6-10/h9-10,12H,2-8,11H2,1H3. The van der Waals surface area contributed by atoms with Crippen LogP contribution in [0.5, 0.6) is 0 Å². The highest BCUT2D eigenvalue weighted by atomic mass is 16.5. The van der Waals surface area contributed by atoms with Crippen LogP contribution < -0.4 is 11.1 Å². The molecule has 0 aromatic rings. The van der Waals surface area contributed by atoms with Crippen molar-refractivity contribution in [3.05, 3.63) is 0 Å². The molecule has 3 N–H and O–H groups in total. The minimum absolute atomic E-state index is 0.145. The average molecular weight is 186 g/mol. The summed E-state index contributed by atoms with van der Waals surface area (Å²) in [6.07, 6.45) is 6.79. The first-order chi connectivity index (χ1) is 6.33. The van der Waals surface area contributed by atoms with Gasteiger partial charge in [0.05, 0.1) is 6.61 Å². The maximum Gasteiger partial charge on any atom is 0.0626 e. The van der Waals surface area contributed by atoms with Gasteiger partial charge in [-0.25, -0.2) is 0 Å².